The van der Waals surface area contributed by atoms with Gasteiger partial charge in [-0.25, -0.2) is 4.39 Å². The van der Waals surface area contributed by atoms with E-state index >= 15 is 0 Å². The number of methoxy groups -OCH3 is 2. The minimum atomic E-state index is -0.261. The molecule has 0 amide bonds. The van der Waals surface area contributed by atoms with Crippen molar-refractivity contribution in [2.75, 3.05) is 19.5 Å². The third-order valence-corrected chi connectivity index (χ3v) is 3.40. The van der Waals surface area contributed by atoms with Gasteiger partial charge >= 0.3 is 0 Å². The summed E-state index contributed by atoms with van der Waals surface area (Å²) in [5, 5.41) is 3.16. The van der Waals surface area contributed by atoms with Crippen LogP contribution in [0.4, 0.5) is 10.1 Å². The summed E-state index contributed by atoms with van der Waals surface area (Å²) in [6.07, 6.45) is 0. The van der Waals surface area contributed by atoms with Crippen molar-refractivity contribution in [3.63, 3.8) is 0 Å². The standard InChI is InChI=1S/C15H15BrFNO2/c1-19-14-7-10(6-13(16)15(14)20-2)9-18-12-5-3-4-11(17)8-12/h3-8,18H,9H2,1-2H3. The van der Waals surface area contributed by atoms with E-state index < -0.39 is 0 Å². The average Bonchev–Trinajstić information content (AvgIpc) is 2.44. The molecule has 20 heavy (non-hydrogen) atoms. The zero-order valence-electron chi connectivity index (χ0n) is 11.2. The Kier molecular flexibility index (Phi) is 4.84. The number of nitrogens with one attached hydrogen (secondary N) is 1. The lowest BCUT2D eigenvalue weighted by molar-refractivity contribution is 0.352. The van der Waals surface area contributed by atoms with Crippen molar-refractivity contribution in [1.82, 2.24) is 0 Å². The molecule has 0 saturated heterocycles. The summed E-state index contributed by atoms with van der Waals surface area (Å²) in [4.78, 5) is 0. The van der Waals surface area contributed by atoms with Gasteiger partial charge in [0.2, 0.25) is 0 Å². The molecule has 0 heterocycles. The number of anilines is 1. The minimum Gasteiger partial charge on any atom is -0.493 e. The molecule has 0 spiro atoms. The first-order valence-corrected chi connectivity index (χ1v) is 6.83. The van der Waals surface area contributed by atoms with Crippen molar-refractivity contribution in [2.24, 2.45) is 0 Å². The quantitative estimate of drug-likeness (QED) is 0.884. The molecule has 0 bridgehead atoms. The summed E-state index contributed by atoms with van der Waals surface area (Å²) in [5.74, 6) is 1.04. The van der Waals surface area contributed by atoms with E-state index in [0.29, 0.717) is 18.0 Å². The van der Waals surface area contributed by atoms with Crippen LogP contribution in [-0.2, 0) is 6.54 Å². The smallest absolute Gasteiger partial charge is 0.174 e. The first-order valence-electron chi connectivity index (χ1n) is 6.04. The third-order valence-electron chi connectivity index (χ3n) is 2.81. The maximum Gasteiger partial charge on any atom is 0.174 e. The van der Waals surface area contributed by atoms with Gasteiger partial charge < -0.3 is 14.8 Å². The summed E-state index contributed by atoms with van der Waals surface area (Å²) >= 11 is 3.44. The van der Waals surface area contributed by atoms with Crippen molar-refractivity contribution in [3.05, 3.63) is 52.3 Å². The molecule has 2 aromatic carbocycles. The lowest BCUT2D eigenvalue weighted by Gasteiger charge is -2.13. The normalized spacial score (nSPS) is 10.2. The Morgan fingerprint density at radius 1 is 1.15 bits per heavy atom. The van der Waals surface area contributed by atoms with Crippen LogP contribution in [0.2, 0.25) is 0 Å². The Hall–Kier alpha value is -1.75. The molecule has 3 nitrogen and oxygen atoms in total. The number of halogens is 2. The lowest BCUT2D eigenvalue weighted by atomic mass is 10.2. The zero-order valence-corrected chi connectivity index (χ0v) is 12.8. The third kappa shape index (κ3) is 3.42. The molecule has 1 N–H and O–H groups in total. The highest BCUT2D eigenvalue weighted by Gasteiger charge is 2.10. The fourth-order valence-corrected chi connectivity index (χ4v) is 2.53. The van der Waals surface area contributed by atoms with Crippen molar-refractivity contribution < 1.29 is 13.9 Å². The molecule has 0 aromatic heterocycles. The second-order valence-corrected chi connectivity index (χ2v) is 5.03. The summed E-state index contributed by atoms with van der Waals surface area (Å²) in [5.41, 5.74) is 1.73. The number of benzene rings is 2. The van der Waals surface area contributed by atoms with Gasteiger partial charge in [-0.2, -0.15) is 0 Å². The predicted molar refractivity (Wildman–Crippen MR) is 81.0 cm³/mol. The van der Waals surface area contributed by atoms with Gasteiger partial charge in [-0.05, 0) is 51.8 Å². The monoisotopic (exact) mass is 339 g/mol. The summed E-state index contributed by atoms with van der Waals surface area (Å²) in [7, 11) is 3.18. The van der Waals surface area contributed by atoms with E-state index in [-0.39, 0.29) is 5.82 Å². The maximum absolute atomic E-state index is 13.1. The topological polar surface area (TPSA) is 30.5 Å². The van der Waals surface area contributed by atoms with E-state index in [1.54, 1.807) is 20.3 Å². The van der Waals surface area contributed by atoms with E-state index in [0.717, 1.165) is 15.7 Å². The van der Waals surface area contributed by atoms with Gasteiger partial charge in [0.15, 0.2) is 11.5 Å². The Balaban J connectivity index is 2.16. The predicted octanol–water partition coefficient (Wildman–Crippen LogP) is 4.22. The van der Waals surface area contributed by atoms with Crippen LogP contribution in [0.15, 0.2) is 40.9 Å². The molecule has 0 aliphatic heterocycles. The van der Waals surface area contributed by atoms with Crippen LogP contribution in [-0.4, -0.2) is 14.2 Å². The zero-order chi connectivity index (χ0) is 14.5. The average molecular weight is 340 g/mol. The number of rotatable bonds is 5. The van der Waals surface area contributed by atoms with Gasteiger partial charge in [0.25, 0.3) is 0 Å². The second kappa shape index (κ2) is 6.61. The van der Waals surface area contributed by atoms with Crippen LogP contribution in [0.5, 0.6) is 11.5 Å². The van der Waals surface area contributed by atoms with E-state index in [2.05, 4.69) is 21.2 Å². The number of hydrogen-bond acceptors (Lipinski definition) is 3. The molecule has 2 aromatic rings. The largest absolute Gasteiger partial charge is 0.493 e. The van der Waals surface area contributed by atoms with Crippen molar-refractivity contribution in [1.29, 1.82) is 0 Å². The fraction of sp³-hybridized carbons (Fsp3) is 0.200. The molecule has 0 aliphatic rings. The van der Waals surface area contributed by atoms with E-state index in [4.69, 9.17) is 9.47 Å². The molecule has 0 radical (unpaired) electrons. The van der Waals surface area contributed by atoms with Crippen LogP contribution in [0.3, 0.4) is 0 Å². The summed E-state index contributed by atoms with van der Waals surface area (Å²) in [6.45, 7) is 0.558. The first-order chi connectivity index (χ1) is 9.63. The van der Waals surface area contributed by atoms with Crippen LogP contribution >= 0.6 is 15.9 Å². The van der Waals surface area contributed by atoms with Gasteiger partial charge in [-0.15, -0.1) is 0 Å². The molecule has 0 fully saturated rings. The van der Waals surface area contributed by atoms with Gasteiger partial charge in [0.1, 0.15) is 5.82 Å². The molecule has 0 atom stereocenters. The highest BCUT2D eigenvalue weighted by atomic mass is 79.9. The maximum atomic E-state index is 13.1. The van der Waals surface area contributed by atoms with Gasteiger partial charge in [0, 0.05) is 12.2 Å². The molecule has 0 unspecified atom stereocenters. The highest BCUT2D eigenvalue weighted by Crippen LogP contribution is 2.36. The lowest BCUT2D eigenvalue weighted by Crippen LogP contribution is -2.01. The first kappa shape index (κ1) is 14.7. The SMILES string of the molecule is COc1cc(CNc2cccc(F)c2)cc(Br)c1OC. The summed E-state index contributed by atoms with van der Waals surface area (Å²) < 4.78 is 24.5. The molecule has 2 rings (SSSR count). The number of ether oxygens (including phenoxy) is 2. The fourth-order valence-electron chi connectivity index (χ4n) is 1.88. The van der Waals surface area contributed by atoms with Crippen LogP contribution in [0.1, 0.15) is 5.56 Å². The molecule has 5 heteroatoms. The summed E-state index contributed by atoms with van der Waals surface area (Å²) in [6, 6.07) is 10.2. The number of hydrogen-bond donors (Lipinski definition) is 1. The van der Waals surface area contributed by atoms with Gasteiger partial charge in [-0.1, -0.05) is 6.07 Å². The molecular weight excluding hydrogens is 325 g/mol. The minimum absolute atomic E-state index is 0.261. The molecule has 0 aliphatic carbocycles. The van der Waals surface area contributed by atoms with E-state index in [1.165, 1.54) is 12.1 Å². The van der Waals surface area contributed by atoms with Gasteiger partial charge in [-0.3, -0.25) is 0 Å². The van der Waals surface area contributed by atoms with Gasteiger partial charge in [0.05, 0.1) is 18.7 Å². The van der Waals surface area contributed by atoms with E-state index in [9.17, 15) is 4.39 Å². The van der Waals surface area contributed by atoms with Crippen LogP contribution in [0.25, 0.3) is 0 Å². The Morgan fingerprint density at radius 3 is 2.60 bits per heavy atom. The molecule has 106 valence electrons. The van der Waals surface area contributed by atoms with Crippen molar-refractivity contribution in [3.8, 4) is 11.5 Å². The molecule has 0 saturated carbocycles. The Morgan fingerprint density at radius 2 is 1.95 bits per heavy atom. The van der Waals surface area contributed by atoms with Crippen molar-refractivity contribution >= 4 is 21.6 Å². The highest BCUT2D eigenvalue weighted by molar-refractivity contribution is 9.10. The Labute approximate surface area is 125 Å². The van der Waals surface area contributed by atoms with Crippen LogP contribution < -0.4 is 14.8 Å². The van der Waals surface area contributed by atoms with Crippen LogP contribution in [0, 0.1) is 5.82 Å². The molecular formula is C15H15BrFNO2. The second-order valence-electron chi connectivity index (χ2n) is 4.18. The Bertz CT molecular complexity index is 604. The van der Waals surface area contributed by atoms with E-state index in [1.807, 2.05) is 18.2 Å². The van der Waals surface area contributed by atoms with Crippen molar-refractivity contribution in [2.45, 2.75) is 6.54 Å².